The molecule has 0 atom stereocenters. The maximum atomic E-state index is 11.8. The van der Waals surface area contributed by atoms with Crippen molar-refractivity contribution in [3.8, 4) is 6.07 Å². The monoisotopic (exact) mass is 243 g/mol. The van der Waals surface area contributed by atoms with E-state index >= 15 is 0 Å². The second-order valence-electron chi connectivity index (χ2n) is 3.94. The number of carbonyl (C=O) groups excluding carboxylic acids is 1. The Morgan fingerprint density at radius 1 is 1.39 bits per heavy atom. The predicted molar refractivity (Wildman–Crippen MR) is 71.8 cm³/mol. The van der Waals surface area contributed by atoms with E-state index in [1.54, 1.807) is 0 Å². The molecule has 18 heavy (non-hydrogen) atoms. The lowest BCUT2D eigenvalue weighted by atomic mass is 10.2. The van der Waals surface area contributed by atoms with Gasteiger partial charge >= 0.3 is 0 Å². The molecule has 0 aromatic heterocycles. The molecule has 0 bridgehead atoms. The van der Waals surface area contributed by atoms with Gasteiger partial charge in [-0.3, -0.25) is 4.79 Å². The average Bonchev–Trinajstić information content (AvgIpc) is 2.37. The van der Waals surface area contributed by atoms with Gasteiger partial charge in [0.15, 0.2) is 0 Å². The quantitative estimate of drug-likeness (QED) is 0.474. The molecule has 0 aliphatic heterocycles. The molecule has 0 aliphatic carbocycles. The third-order valence-corrected chi connectivity index (χ3v) is 2.32. The van der Waals surface area contributed by atoms with E-state index in [-0.39, 0.29) is 5.57 Å². The number of aryl methyl sites for hydroxylation is 1. The average molecular weight is 243 g/mol. The van der Waals surface area contributed by atoms with E-state index in [4.69, 9.17) is 5.26 Å². The molecule has 2 N–H and O–H groups in total. The number of hydrogen-bond acceptors (Lipinski definition) is 3. The minimum Gasteiger partial charge on any atom is -0.390 e. The SMILES string of the molecule is CCCN/C=C(/C#N)C(=O)Nc1ccc(C)cc1. The molecule has 0 spiro atoms. The number of benzene rings is 1. The normalized spacial score (nSPS) is 10.6. The zero-order valence-corrected chi connectivity index (χ0v) is 10.7. The lowest BCUT2D eigenvalue weighted by molar-refractivity contribution is -0.112. The van der Waals surface area contributed by atoms with Gasteiger partial charge in [-0.1, -0.05) is 24.6 Å². The molecule has 0 saturated heterocycles. The van der Waals surface area contributed by atoms with Crippen LogP contribution in [0.15, 0.2) is 36.0 Å². The fourth-order valence-electron chi connectivity index (χ4n) is 1.30. The molecule has 0 saturated carbocycles. The smallest absolute Gasteiger partial charge is 0.267 e. The molecule has 0 fully saturated rings. The Kier molecular flexibility index (Phi) is 5.46. The Hall–Kier alpha value is -2.28. The van der Waals surface area contributed by atoms with Crippen molar-refractivity contribution in [2.45, 2.75) is 20.3 Å². The summed E-state index contributed by atoms with van der Waals surface area (Å²) in [6.07, 6.45) is 2.39. The Balaban J connectivity index is 2.66. The highest BCUT2D eigenvalue weighted by molar-refractivity contribution is 6.06. The van der Waals surface area contributed by atoms with Crippen LogP contribution in [0, 0.1) is 18.3 Å². The predicted octanol–water partition coefficient (Wildman–Crippen LogP) is 2.34. The molecule has 0 heterocycles. The molecule has 0 radical (unpaired) electrons. The fourth-order valence-corrected chi connectivity index (χ4v) is 1.30. The van der Waals surface area contributed by atoms with Gasteiger partial charge < -0.3 is 10.6 Å². The highest BCUT2D eigenvalue weighted by Gasteiger charge is 2.08. The Morgan fingerprint density at radius 2 is 2.06 bits per heavy atom. The van der Waals surface area contributed by atoms with Crippen molar-refractivity contribution in [2.24, 2.45) is 0 Å². The molecular formula is C14H17N3O. The number of carbonyl (C=O) groups is 1. The van der Waals surface area contributed by atoms with Crippen molar-refractivity contribution in [1.82, 2.24) is 5.32 Å². The zero-order valence-electron chi connectivity index (χ0n) is 10.7. The number of rotatable bonds is 5. The van der Waals surface area contributed by atoms with Crippen molar-refractivity contribution in [3.05, 3.63) is 41.6 Å². The second-order valence-corrected chi connectivity index (χ2v) is 3.94. The van der Waals surface area contributed by atoms with Crippen LogP contribution in [0.25, 0.3) is 0 Å². The molecule has 0 aliphatic rings. The van der Waals surface area contributed by atoms with Crippen molar-refractivity contribution in [2.75, 3.05) is 11.9 Å². The van der Waals surface area contributed by atoms with Gasteiger partial charge in [0.1, 0.15) is 11.6 Å². The molecule has 4 nitrogen and oxygen atoms in total. The number of hydrogen-bond donors (Lipinski definition) is 2. The van der Waals surface area contributed by atoms with Gasteiger partial charge in [0, 0.05) is 18.4 Å². The van der Waals surface area contributed by atoms with Gasteiger partial charge in [-0.05, 0) is 25.5 Å². The summed E-state index contributed by atoms with van der Waals surface area (Å²) in [5.74, 6) is -0.398. The summed E-state index contributed by atoms with van der Waals surface area (Å²) >= 11 is 0. The fraction of sp³-hybridized carbons (Fsp3) is 0.286. The first-order chi connectivity index (χ1) is 8.67. The molecule has 1 aromatic rings. The highest BCUT2D eigenvalue weighted by Crippen LogP contribution is 2.09. The topological polar surface area (TPSA) is 64.9 Å². The van der Waals surface area contributed by atoms with E-state index in [1.807, 2.05) is 44.2 Å². The van der Waals surface area contributed by atoms with E-state index in [0.29, 0.717) is 5.69 Å². The second kappa shape index (κ2) is 7.13. The number of nitrogens with one attached hydrogen (secondary N) is 2. The van der Waals surface area contributed by atoms with Gasteiger partial charge in [0.05, 0.1) is 0 Å². The molecule has 0 unspecified atom stereocenters. The van der Waals surface area contributed by atoms with Gasteiger partial charge in [0.25, 0.3) is 5.91 Å². The van der Waals surface area contributed by atoms with E-state index in [2.05, 4.69) is 10.6 Å². The summed E-state index contributed by atoms with van der Waals surface area (Å²) in [4.78, 5) is 11.8. The van der Waals surface area contributed by atoms with Crippen LogP contribution in [0.5, 0.6) is 0 Å². The minimum absolute atomic E-state index is 0.0732. The van der Waals surface area contributed by atoms with Crippen molar-refractivity contribution in [1.29, 1.82) is 5.26 Å². The number of anilines is 1. The third kappa shape index (κ3) is 4.30. The van der Waals surface area contributed by atoms with Crippen molar-refractivity contribution >= 4 is 11.6 Å². The zero-order chi connectivity index (χ0) is 13.4. The lowest BCUT2D eigenvalue weighted by Crippen LogP contribution is -2.17. The Labute approximate surface area is 107 Å². The summed E-state index contributed by atoms with van der Waals surface area (Å²) < 4.78 is 0. The summed E-state index contributed by atoms with van der Waals surface area (Å²) in [6.45, 7) is 4.73. The third-order valence-electron chi connectivity index (χ3n) is 2.32. The molecule has 1 amide bonds. The molecule has 4 heteroatoms. The molecule has 94 valence electrons. The van der Waals surface area contributed by atoms with E-state index in [0.717, 1.165) is 18.5 Å². The van der Waals surface area contributed by atoms with Crippen LogP contribution < -0.4 is 10.6 Å². The molecular weight excluding hydrogens is 226 g/mol. The summed E-state index contributed by atoms with van der Waals surface area (Å²) in [7, 11) is 0. The van der Waals surface area contributed by atoms with Gasteiger partial charge in [-0.2, -0.15) is 5.26 Å². The largest absolute Gasteiger partial charge is 0.390 e. The number of nitrogens with zero attached hydrogens (tertiary/aromatic N) is 1. The molecule has 1 aromatic carbocycles. The standard InChI is InChI=1S/C14H17N3O/c1-3-8-16-10-12(9-15)14(18)17-13-6-4-11(2)5-7-13/h4-7,10,16H,3,8H2,1-2H3,(H,17,18)/b12-10-. The van der Waals surface area contributed by atoms with Crippen LogP contribution in [0.1, 0.15) is 18.9 Å². The van der Waals surface area contributed by atoms with Crippen LogP contribution in [-0.4, -0.2) is 12.5 Å². The van der Waals surface area contributed by atoms with Crippen LogP contribution in [0.2, 0.25) is 0 Å². The van der Waals surface area contributed by atoms with Crippen LogP contribution >= 0.6 is 0 Å². The summed E-state index contributed by atoms with van der Waals surface area (Å²) in [6, 6.07) is 9.30. The maximum Gasteiger partial charge on any atom is 0.267 e. The summed E-state index contributed by atoms with van der Waals surface area (Å²) in [5, 5.41) is 14.5. The minimum atomic E-state index is -0.398. The van der Waals surface area contributed by atoms with E-state index < -0.39 is 5.91 Å². The number of amides is 1. The van der Waals surface area contributed by atoms with Crippen LogP contribution in [0.3, 0.4) is 0 Å². The van der Waals surface area contributed by atoms with Crippen molar-refractivity contribution < 1.29 is 4.79 Å². The summed E-state index contributed by atoms with van der Waals surface area (Å²) in [5.41, 5.74) is 1.87. The van der Waals surface area contributed by atoms with Crippen LogP contribution in [-0.2, 0) is 4.79 Å². The Bertz CT molecular complexity index is 469. The maximum absolute atomic E-state index is 11.8. The first-order valence-corrected chi connectivity index (χ1v) is 5.89. The van der Waals surface area contributed by atoms with Gasteiger partial charge in [-0.25, -0.2) is 0 Å². The Morgan fingerprint density at radius 3 is 2.61 bits per heavy atom. The van der Waals surface area contributed by atoms with E-state index in [9.17, 15) is 4.79 Å². The van der Waals surface area contributed by atoms with Gasteiger partial charge in [0.2, 0.25) is 0 Å². The highest BCUT2D eigenvalue weighted by atomic mass is 16.1. The first-order valence-electron chi connectivity index (χ1n) is 5.89. The van der Waals surface area contributed by atoms with Crippen LogP contribution in [0.4, 0.5) is 5.69 Å². The van der Waals surface area contributed by atoms with Gasteiger partial charge in [-0.15, -0.1) is 0 Å². The molecule has 1 rings (SSSR count). The first kappa shape index (κ1) is 13.8. The van der Waals surface area contributed by atoms with Crippen molar-refractivity contribution in [3.63, 3.8) is 0 Å². The van der Waals surface area contributed by atoms with E-state index in [1.165, 1.54) is 6.20 Å². The lowest BCUT2D eigenvalue weighted by Gasteiger charge is -2.05. The number of nitriles is 1.